The summed E-state index contributed by atoms with van der Waals surface area (Å²) >= 11 is 0. The van der Waals surface area contributed by atoms with Gasteiger partial charge in [0.25, 0.3) is 0 Å². The Hall–Kier alpha value is -1.34. The molecule has 0 aromatic heterocycles. The number of rotatable bonds is 11. The molecule has 1 aliphatic heterocycles. The lowest BCUT2D eigenvalue weighted by Crippen LogP contribution is -2.46. The van der Waals surface area contributed by atoms with Gasteiger partial charge in [-0.3, -0.25) is 14.7 Å². The predicted octanol–water partition coefficient (Wildman–Crippen LogP) is 1.20. The van der Waals surface area contributed by atoms with Crippen molar-refractivity contribution < 1.29 is 9.53 Å². The summed E-state index contributed by atoms with van der Waals surface area (Å²) in [5.74, 6) is 1.51. The molecule has 3 N–H and O–H groups in total. The Morgan fingerprint density at radius 2 is 1.85 bits per heavy atom. The molecule has 0 aromatic carbocycles. The maximum Gasteiger partial charge on any atom is 0.221 e. The topological polar surface area (TPSA) is 78.0 Å². The van der Waals surface area contributed by atoms with Gasteiger partial charge in [0.05, 0.1) is 19.8 Å². The lowest BCUT2D eigenvalue weighted by molar-refractivity contribution is -0.120. The maximum atomic E-state index is 11.7. The first-order chi connectivity index (χ1) is 12.6. The van der Waals surface area contributed by atoms with E-state index in [-0.39, 0.29) is 5.91 Å². The van der Waals surface area contributed by atoms with Crippen LogP contribution in [0.3, 0.4) is 0 Å². The molecule has 0 saturated carbocycles. The number of hydrogen-bond acceptors (Lipinski definition) is 4. The van der Waals surface area contributed by atoms with Gasteiger partial charge in [0.1, 0.15) is 0 Å². The fourth-order valence-corrected chi connectivity index (χ4v) is 3.01. The fraction of sp³-hybridized carbons (Fsp3) is 0.895. The van der Waals surface area contributed by atoms with Crippen LogP contribution >= 0.6 is 0 Å². The SMILES string of the molecule is CCCNC(=O)CCNC(=NCC(CC(C)C)N1CCOCC1)NCC. The van der Waals surface area contributed by atoms with Gasteiger partial charge in [0.2, 0.25) is 5.91 Å². The molecule has 1 heterocycles. The molecule has 0 bridgehead atoms. The average molecular weight is 370 g/mol. The van der Waals surface area contributed by atoms with Gasteiger partial charge in [0.15, 0.2) is 5.96 Å². The predicted molar refractivity (Wildman–Crippen MR) is 108 cm³/mol. The number of morpholine rings is 1. The van der Waals surface area contributed by atoms with E-state index in [1.54, 1.807) is 0 Å². The van der Waals surface area contributed by atoms with Gasteiger partial charge in [-0.05, 0) is 25.7 Å². The van der Waals surface area contributed by atoms with Crippen molar-refractivity contribution in [1.82, 2.24) is 20.9 Å². The van der Waals surface area contributed by atoms with Crippen molar-refractivity contribution in [3.8, 4) is 0 Å². The molecular weight excluding hydrogens is 330 g/mol. The first kappa shape index (κ1) is 22.7. The third-order valence-corrected chi connectivity index (χ3v) is 4.33. The summed E-state index contributed by atoms with van der Waals surface area (Å²) in [5.41, 5.74) is 0. The number of carbonyl (C=O) groups is 1. The average Bonchev–Trinajstić information content (AvgIpc) is 2.63. The van der Waals surface area contributed by atoms with Crippen LogP contribution in [0.25, 0.3) is 0 Å². The lowest BCUT2D eigenvalue weighted by atomic mass is 10.0. The van der Waals surface area contributed by atoms with E-state index in [2.05, 4.69) is 48.5 Å². The molecule has 26 heavy (non-hydrogen) atoms. The number of ether oxygens (including phenoxy) is 1. The summed E-state index contributed by atoms with van der Waals surface area (Å²) < 4.78 is 5.48. The summed E-state index contributed by atoms with van der Waals surface area (Å²) in [6.45, 7) is 15.1. The van der Waals surface area contributed by atoms with Gasteiger partial charge in [0, 0.05) is 45.2 Å². The van der Waals surface area contributed by atoms with E-state index in [1.165, 1.54) is 0 Å². The highest BCUT2D eigenvalue weighted by Crippen LogP contribution is 2.14. The monoisotopic (exact) mass is 369 g/mol. The van der Waals surface area contributed by atoms with Crippen LogP contribution in [0.15, 0.2) is 4.99 Å². The zero-order valence-corrected chi connectivity index (χ0v) is 17.1. The molecular formula is C19H39N5O2. The third kappa shape index (κ3) is 9.97. The minimum absolute atomic E-state index is 0.0844. The van der Waals surface area contributed by atoms with Gasteiger partial charge in [-0.1, -0.05) is 20.8 Å². The molecule has 0 aromatic rings. The summed E-state index contributed by atoms with van der Waals surface area (Å²) in [5, 5.41) is 9.44. The zero-order chi connectivity index (χ0) is 19.2. The molecule has 152 valence electrons. The first-order valence-electron chi connectivity index (χ1n) is 10.2. The van der Waals surface area contributed by atoms with Gasteiger partial charge < -0.3 is 20.7 Å². The lowest BCUT2D eigenvalue weighted by Gasteiger charge is -2.34. The fourth-order valence-electron chi connectivity index (χ4n) is 3.01. The second kappa shape index (κ2) is 13.8. The van der Waals surface area contributed by atoms with Gasteiger partial charge in [-0.2, -0.15) is 0 Å². The zero-order valence-electron chi connectivity index (χ0n) is 17.1. The van der Waals surface area contributed by atoms with E-state index in [0.29, 0.717) is 24.9 Å². The molecule has 1 rings (SSSR count). The van der Waals surface area contributed by atoms with Crippen LogP contribution in [0, 0.1) is 5.92 Å². The van der Waals surface area contributed by atoms with Crippen LogP contribution in [-0.4, -0.2) is 75.3 Å². The van der Waals surface area contributed by atoms with E-state index >= 15 is 0 Å². The molecule has 0 spiro atoms. The summed E-state index contributed by atoms with van der Waals surface area (Å²) in [7, 11) is 0. The Morgan fingerprint density at radius 3 is 2.46 bits per heavy atom. The number of nitrogens with zero attached hydrogens (tertiary/aromatic N) is 2. The second-order valence-electron chi connectivity index (χ2n) is 7.18. The summed E-state index contributed by atoms with van der Waals surface area (Å²) in [6.07, 6.45) is 2.55. The highest BCUT2D eigenvalue weighted by atomic mass is 16.5. The molecule has 1 amide bonds. The van der Waals surface area contributed by atoms with Crippen LogP contribution in [0.1, 0.15) is 47.0 Å². The van der Waals surface area contributed by atoms with E-state index in [1.807, 2.05) is 0 Å². The smallest absolute Gasteiger partial charge is 0.221 e. The first-order valence-corrected chi connectivity index (χ1v) is 10.2. The maximum absolute atomic E-state index is 11.7. The Bertz CT molecular complexity index is 409. The van der Waals surface area contributed by atoms with Crippen molar-refractivity contribution in [2.45, 2.75) is 53.0 Å². The van der Waals surface area contributed by atoms with Crippen LogP contribution in [0.4, 0.5) is 0 Å². The molecule has 0 radical (unpaired) electrons. The molecule has 0 aliphatic carbocycles. The second-order valence-corrected chi connectivity index (χ2v) is 7.18. The molecule has 1 saturated heterocycles. The van der Waals surface area contributed by atoms with E-state index in [0.717, 1.165) is 64.7 Å². The van der Waals surface area contributed by atoms with E-state index < -0.39 is 0 Å². The number of guanidine groups is 1. The summed E-state index contributed by atoms with van der Waals surface area (Å²) in [6, 6.07) is 0.433. The number of amides is 1. The quantitative estimate of drug-likeness (QED) is 0.377. The molecule has 1 aliphatic rings. The van der Waals surface area contributed by atoms with Crippen LogP contribution in [0.5, 0.6) is 0 Å². The van der Waals surface area contributed by atoms with Crippen molar-refractivity contribution in [3.05, 3.63) is 0 Å². The number of nitrogens with one attached hydrogen (secondary N) is 3. The van der Waals surface area contributed by atoms with Crippen molar-refractivity contribution in [1.29, 1.82) is 0 Å². The number of carbonyl (C=O) groups excluding carboxylic acids is 1. The Labute approximate surface area is 159 Å². The van der Waals surface area contributed by atoms with Crippen molar-refractivity contribution in [3.63, 3.8) is 0 Å². The Balaban J connectivity index is 2.52. The van der Waals surface area contributed by atoms with Crippen molar-refractivity contribution in [2.24, 2.45) is 10.9 Å². The number of hydrogen-bond donors (Lipinski definition) is 3. The van der Waals surface area contributed by atoms with Crippen molar-refractivity contribution in [2.75, 3.05) is 52.5 Å². The molecule has 1 fully saturated rings. The van der Waals surface area contributed by atoms with Crippen LogP contribution in [0.2, 0.25) is 0 Å². The molecule has 1 atom stereocenters. The Morgan fingerprint density at radius 1 is 1.12 bits per heavy atom. The highest BCUT2D eigenvalue weighted by Gasteiger charge is 2.21. The third-order valence-electron chi connectivity index (χ3n) is 4.33. The molecule has 1 unspecified atom stereocenters. The standard InChI is InChI=1S/C19H39N5O2/c1-5-8-21-18(25)7-9-22-19(20-6-2)23-15-17(14-16(3)4)24-10-12-26-13-11-24/h16-17H,5-15H2,1-4H3,(H,21,25)(H2,20,22,23). The van der Waals surface area contributed by atoms with Gasteiger partial charge in [-0.25, -0.2) is 0 Å². The minimum atomic E-state index is 0.0844. The van der Waals surface area contributed by atoms with Crippen LogP contribution in [-0.2, 0) is 9.53 Å². The van der Waals surface area contributed by atoms with Gasteiger partial charge >= 0.3 is 0 Å². The summed E-state index contributed by atoms with van der Waals surface area (Å²) in [4.78, 5) is 19.0. The Kier molecular flexibility index (Phi) is 12.1. The van der Waals surface area contributed by atoms with E-state index in [4.69, 9.17) is 9.73 Å². The largest absolute Gasteiger partial charge is 0.379 e. The minimum Gasteiger partial charge on any atom is -0.379 e. The van der Waals surface area contributed by atoms with Gasteiger partial charge in [-0.15, -0.1) is 0 Å². The van der Waals surface area contributed by atoms with Crippen molar-refractivity contribution >= 4 is 11.9 Å². The number of aliphatic imine (C=N–C) groups is 1. The molecule has 7 nitrogen and oxygen atoms in total. The van der Waals surface area contributed by atoms with Crippen LogP contribution < -0.4 is 16.0 Å². The highest BCUT2D eigenvalue weighted by molar-refractivity contribution is 5.81. The normalized spacial score (nSPS) is 17.2. The molecule has 7 heteroatoms. The van der Waals surface area contributed by atoms with E-state index in [9.17, 15) is 4.79 Å².